The molecule has 0 aromatic carbocycles. The second-order valence-corrected chi connectivity index (χ2v) is 5.12. The first-order valence-corrected chi connectivity index (χ1v) is 5.55. The zero-order valence-electron chi connectivity index (χ0n) is 9.76. The molecule has 4 heteroatoms. The van der Waals surface area contributed by atoms with E-state index < -0.39 is 0 Å². The normalized spacial score (nSPS) is 11.5. The molecule has 0 saturated carbocycles. The summed E-state index contributed by atoms with van der Waals surface area (Å²) < 4.78 is 0. The molecule has 1 aromatic rings. The van der Waals surface area contributed by atoms with Crippen LogP contribution in [-0.2, 0) is 6.42 Å². The summed E-state index contributed by atoms with van der Waals surface area (Å²) in [5.41, 5.74) is 1.21. The lowest BCUT2D eigenvalue weighted by atomic mass is 9.97. The Balaban J connectivity index is 2.81. The van der Waals surface area contributed by atoms with Gasteiger partial charge in [-0.1, -0.05) is 39.3 Å². The van der Waals surface area contributed by atoms with Crippen LogP contribution >= 0.6 is 11.6 Å². The van der Waals surface area contributed by atoms with Crippen LogP contribution in [0.3, 0.4) is 0 Å². The minimum absolute atomic E-state index is 0.225. The van der Waals surface area contributed by atoms with Gasteiger partial charge in [0.1, 0.15) is 17.3 Å². The van der Waals surface area contributed by atoms with Crippen molar-refractivity contribution in [2.24, 2.45) is 5.41 Å². The fourth-order valence-corrected chi connectivity index (χ4v) is 1.47. The van der Waals surface area contributed by atoms with Gasteiger partial charge in [0.2, 0.25) is 0 Å². The van der Waals surface area contributed by atoms with Crippen molar-refractivity contribution in [3.05, 3.63) is 17.0 Å². The number of halogens is 1. The molecule has 0 bridgehead atoms. The average molecular weight is 228 g/mol. The van der Waals surface area contributed by atoms with E-state index in [4.69, 9.17) is 11.6 Å². The van der Waals surface area contributed by atoms with Crippen molar-refractivity contribution in [1.29, 1.82) is 0 Å². The second-order valence-electron chi connectivity index (χ2n) is 4.76. The molecule has 1 rings (SSSR count). The number of rotatable bonds is 3. The third-order valence-electron chi connectivity index (χ3n) is 2.03. The van der Waals surface area contributed by atoms with Gasteiger partial charge < -0.3 is 5.32 Å². The highest BCUT2D eigenvalue weighted by Crippen LogP contribution is 2.22. The molecule has 0 amide bonds. The van der Waals surface area contributed by atoms with E-state index in [0.29, 0.717) is 5.15 Å². The van der Waals surface area contributed by atoms with Crippen molar-refractivity contribution < 1.29 is 0 Å². The maximum atomic E-state index is 5.99. The highest BCUT2D eigenvalue weighted by Gasteiger charge is 2.12. The maximum absolute atomic E-state index is 5.99. The molecule has 1 N–H and O–H groups in total. The average Bonchev–Trinajstić information content (AvgIpc) is 2.13. The minimum atomic E-state index is 0.225. The summed E-state index contributed by atoms with van der Waals surface area (Å²) in [4.78, 5) is 8.18. The molecule has 0 aliphatic heterocycles. The van der Waals surface area contributed by atoms with Gasteiger partial charge in [-0.15, -0.1) is 0 Å². The summed E-state index contributed by atoms with van der Waals surface area (Å²) in [6.07, 6.45) is 2.33. The predicted molar refractivity (Wildman–Crippen MR) is 64.4 cm³/mol. The van der Waals surface area contributed by atoms with Crippen molar-refractivity contribution in [2.45, 2.75) is 34.1 Å². The van der Waals surface area contributed by atoms with Crippen LogP contribution in [0.25, 0.3) is 0 Å². The van der Waals surface area contributed by atoms with Gasteiger partial charge in [-0.05, 0) is 11.8 Å². The molecule has 0 aliphatic rings. The van der Waals surface area contributed by atoms with E-state index in [0.717, 1.165) is 24.3 Å². The molecule has 1 heterocycles. The Bertz CT molecular complexity index is 331. The number of hydrogen-bond acceptors (Lipinski definition) is 3. The van der Waals surface area contributed by atoms with Crippen LogP contribution in [0.5, 0.6) is 0 Å². The van der Waals surface area contributed by atoms with Crippen LogP contribution < -0.4 is 5.32 Å². The molecule has 0 aliphatic carbocycles. The standard InChI is InChI=1S/C11H18ClN3/c1-5-8-9(12)14-7-15-10(8)13-6-11(2,3)4/h7H,5-6H2,1-4H3,(H,13,14,15). The number of hydrogen-bond donors (Lipinski definition) is 1. The lowest BCUT2D eigenvalue weighted by Gasteiger charge is -2.20. The summed E-state index contributed by atoms with van der Waals surface area (Å²) in [6, 6.07) is 0. The quantitative estimate of drug-likeness (QED) is 0.807. The van der Waals surface area contributed by atoms with Crippen molar-refractivity contribution in [2.75, 3.05) is 11.9 Å². The van der Waals surface area contributed by atoms with Gasteiger partial charge in [-0.3, -0.25) is 0 Å². The zero-order valence-corrected chi connectivity index (χ0v) is 10.5. The lowest BCUT2D eigenvalue weighted by Crippen LogP contribution is -2.20. The van der Waals surface area contributed by atoms with Gasteiger partial charge in [-0.2, -0.15) is 0 Å². The molecule has 15 heavy (non-hydrogen) atoms. The molecule has 0 spiro atoms. The Morgan fingerprint density at radius 3 is 2.53 bits per heavy atom. The monoisotopic (exact) mass is 227 g/mol. The van der Waals surface area contributed by atoms with E-state index in [9.17, 15) is 0 Å². The first kappa shape index (κ1) is 12.2. The Morgan fingerprint density at radius 1 is 1.33 bits per heavy atom. The summed E-state index contributed by atoms with van der Waals surface area (Å²) in [5, 5.41) is 3.85. The molecule has 0 atom stereocenters. The fraction of sp³-hybridized carbons (Fsp3) is 0.636. The van der Waals surface area contributed by atoms with Crippen molar-refractivity contribution >= 4 is 17.4 Å². The summed E-state index contributed by atoms with van der Waals surface area (Å²) in [6.45, 7) is 9.44. The van der Waals surface area contributed by atoms with Crippen LogP contribution in [0.1, 0.15) is 33.3 Å². The lowest BCUT2D eigenvalue weighted by molar-refractivity contribution is 0.442. The Morgan fingerprint density at radius 2 is 2.00 bits per heavy atom. The van der Waals surface area contributed by atoms with Gasteiger partial charge in [0.15, 0.2) is 0 Å². The molecule has 84 valence electrons. The molecule has 1 aromatic heterocycles. The van der Waals surface area contributed by atoms with E-state index in [1.807, 2.05) is 6.92 Å². The summed E-state index contributed by atoms with van der Waals surface area (Å²) in [7, 11) is 0. The fourth-order valence-electron chi connectivity index (χ4n) is 1.21. The van der Waals surface area contributed by atoms with E-state index in [2.05, 4.69) is 36.1 Å². The van der Waals surface area contributed by atoms with Gasteiger partial charge in [-0.25, -0.2) is 9.97 Å². The first-order chi connectivity index (χ1) is 6.94. The van der Waals surface area contributed by atoms with E-state index in [1.165, 1.54) is 6.33 Å². The molecular weight excluding hydrogens is 210 g/mol. The third kappa shape index (κ3) is 3.67. The van der Waals surface area contributed by atoms with Crippen LogP contribution in [0.4, 0.5) is 5.82 Å². The smallest absolute Gasteiger partial charge is 0.137 e. The first-order valence-electron chi connectivity index (χ1n) is 5.17. The van der Waals surface area contributed by atoms with Crippen LogP contribution in [0, 0.1) is 5.41 Å². The van der Waals surface area contributed by atoms with Gasteiger partial charge >= 0.3 is 0 Å². The SMILES string of the molecule is CCc1c(Cl)ncnc1NCC(C)(C)C. The number of nitrogens with one attached hydrogen (secondary N) is 1. The van der Waals surface area contributed by atoms with Gasteiger partial charge in [0.05, 0.1) is 0 Å². The topological polar surface area (TPSA) is 37.8 Å². The van der Waals surface area contributed by atoms with Crippen molar-refractivity contribution in [3.8, 4) is 0 Å². The van der Waals surface area contributed by atoms with Crippen molar-refractivity contribution in [1.82, 2.24) is 9.97 Å². The highest BCUT2D eigenvalue weighted by atomic mass is 35.5. The summed E-state index contributed by atoms with van der Waals surface area (Å²) in [5.74, 6) is 0.854. The molecule has 0 unspecified atom stereocenters. The number of anilines is 1. The Kier molecular flexibility index (Phi) is 3.91. The summed E-state index contributed by atoms with van der Waals surface area (Å²) >= 11 is 5.99. The van der Waals surface area contributed by atoms with Crippen molar-refractivity contribution in [3.63, 3.8) is 0 Å². The molecule has 0 fully saturated rings. The number of aromatic nitrogens is 2. The van der Waals surface area contributed by atoms with Gasteiger partial charge in [0, 0.05) is 12.1 Å². The van der Waals surface area contributed by atoms with E-state index in [-0.39, 0.29) is 5.41 Å². The Labute approximate surface area is 96.3 Å². The van der Waals surface area contributed by atoms with E-state index in [1.54, 1.807) is 0 Å². The van der Waals surface area contributed by atoms with Crippen LogP contribution in [0.15, 0.2) is 6.33 Å². The van der Waals surface area contributed by atoms with Crippen LogP contribution in [0.2, 0.25) is 5.15 Å². The zero-order chi connectivity index (χ0) is 11.5. The largest absolute Gasteiger partial charge is 0.369 e. The molecule has 0 radical (unpaired) electrons. The Hall–Kier alpha value is -0.830. The second kappa shape index (κ2) is 4.79. The van der Waals surface area contributed by atoms with Gasteiger partial charge in [0.25, 0.3) is 0 Å². The van der Waals surface area contributed by atoms with Crippen LogP contribution in [-0.4, -0.2) is 16.5 Å². The third-order valence-corrected chi connectivity index (χ3v) is 2.36. The van der Waals surface area contributed by atoms with E-state index >= 15 is 0 Å². The minimum Gasteiger partial charge on any atom is -0.369 e. The predicted octanol–water partition coefficient (Wildman–Crippen LogP) is 3.15. The highest BCUT2D eigenvalue weighted by molar-refractivity contribution is 6.30. The molecule has 0 saturated heterocycles. The molecule has 3 nitrogen and oxygen atoms in total. The molecular formula is C11H18ClN3. The number of nitrogens with zero attached hydrogens (tertiary/aromatic N) is 2. The maximum Gasteiger partial charge on any atom is 0.137 e.